The minimum absolute atomic E-state index is 0.798. The van der Waals surface area contributed by atoms with E-state index in [1.165, 1.54) is 0 Å². The zero-order chi connectivity index (χ0) is 14.7. The standard InChI is InChI=1S/C15H14N4OS/c1-20-13-5-3-12(4-6-13)19-14(17-18-15(19)21-2)11-7-9-16-10-8-11/h3-10H,1-2H3. The predicted molar refractivity (Wildman–Crippen MR) is 82.9 cm³/mol. The second kappa shape index (κ2) is 5.97. The molecule has 0 spiro atoms. The van der Waals surface area contributed by atoms with Crippen LogP contribution in [-0.4, -0.2) is 33.1 Å². The van der Waals surface area contributed by atoms with Gasteiger partial charge in [0.1, 0.15) is 5.75 Å². The van der Waals surface area contributed by atoms with Crippen molar-refractivity contribution in [2.45, 2.75) is 5.16 Å². The summed E-state index contributed by atoms with van der Waals surface area (Å²) in [7, 11) is 1.66. The van der Waals surface area contributed by atoms with Crippen molar-refractivity contribution in [2.75, 3.05) is 13.4 Å². The van der Waals surface area contributed by atoms with Gasteiger partial charge in [-0.1, -0.05) is 11.8 Å². The molecule has 0 saturated heterocycles. The van der Waals surface area contributed by atoms with E-state index in [4.69, 9.17) is 4.74 Å². The summed E-state index contributed by atoms with van der Waals surface area (Å²) in [5.41, 5.74) is 1.98. The lowest BCUT2D eigenvalue weighted by Crippen LogP contribution is -1.99. The van der Waals surface area contributed by atoms with E-state index in [1.807, 2.05) is 47.2 Å². The van der Waals surface area contributed by atoms with E-state index in [0.717, 1.165) is 28.0 Å². The van der Waals surface area contributed by atoms with Gasteiger partial charge in [-0.15, -0.1) is 10.2 Å². The van der Waals surface area contributed by atoms with Gasteiger partial charge in [0.15, 0.2) is 11.0 Å². The molecule has 5 nitrogen and oxygen atoms in total. The molecule has 21 heavy (non-hydrogen) atoms. The minimum atomic E-state index is 0.798. The van der Waals surface area contributed by atoms with Gasteiger partial charge >= 0.3 is 0 Å². The molecule has 0 aliphatic carbocycles. The number of nitrogens with zero attached hydrogens (tertiary/aromatic N) is 4. The third-order valence-electron chi connectivity index (χ3n) is 3.09. The summed E-state index contributed by atoms with van der Waals surface area (Å²) in [5.74, 6) is 1.62. The second-order valence-corrected chi connectivity index (χ2v) is 5.05. The highest BCUT2D eigenvalue weighted by atomic mass is 32.2. The van der Waals surface area contributed by atoms with Crippen LogP contribution in [0.3, 0.4) is 0 Å². The Morgan fingerprint density at radius 3 is 2.33 bits per heavy atom. The first-order valence-electron chi connectivity index (χ1n) is 6.37. The third-order valence-corrected chi connectivity index (χ3v) is 3.71. The molecule has 0 aliphatic rings. The molecule has 0 amide bonds. The Morgan fingerprint density at radius 2 is 1.71 bits per heavy atom. The fourth-order valence-electron chi connectivity index (χ4n) is 2.05. The molecule has 3 rings (SSSR count). The summed E-state index contributed by atoms with van der Waals surface area (Å²) in [5, 5.41) is 9.40. The number of rotatable bonds is 4. The van der Waals surface area contributed by atoms with Crippen molar-refractivity contribution < 1.29 is 4.74 Å². The molecule has 0 bridgehead atoms. The smallest absolute Gasteiger partial charge is 0.195 e. The van der Waals surface area contributed by atoms with Crippen molar-refractivity contribution in [1.82, 2.24) is 19.7 Å². The van der Waals surface area contributed by atoms with Crippen LogP contribution in [0.25, 0.3) is 17.1 Å². The van der Waals surface area contributed by atoms with Crippen LogP contribution in [0.5, 0.6) is 5.75 Å². The molecule has 2 aromatic heterocycles. The molecule has 0 atom stereocenters. The van der Waals surface area contributed by atoms with Crippen LogP contribution >= 0.6 is 11.8 Å². The Morgan fingerprint density at radius 1 is 1.00 bits per heavy atom. The van der Waals surface area contributed by atoms with Crippen molar-refractivity contribution in [2.24, 2.45) is 0 Å². The molecule has 1 aromatic carbocycles. The number of hydrogen-bond acceptors (Lipinski definition) is 5. The number of pyridine rings is 1. The zero-order valence-corrected chi connectivity index (χ0v) is 12.5. The minimum Gasteiger partial charge on any atom is -0.497 e. The molecule has 0 unspecified atom stereocenters. The van der Waals surface area contributed by atoms with Crippen molar-refractivity contribution in [1.29, 1.82) is 0 Å². The summed E-state index contributed by atoms with van der Waals surface area (Å²) in [6, 6.07) is 11.7. The topological polar surface area (TPSA) is 52.8 Å². The van der Waals surface area contributed by atoms with Gasteiger partial charge < -0.3 is 4.74 Å². The van der Waals surface area contributed by atoms with Gasteiger partial charge in [0, 0.05) is 23.6 Å². The van der Waals surface area contributed by atoms with Gasteiger partial charge in [0.05, 0.1) is 7.11 Å². The first kappa shape index (κ1) is 13.6. The van der Waals surface area contributed by atoms with Crippen LogP contribution < -0.4 is 4.74 Å². The zero-order valence-electron chi connectivity index (χ0n) is 11.7. The summed E-state index contributed by atoms with van der Waals surface area (Å²) < 4.78 is 7.23. The Balaban J connectivity index is 2.13. The van der Waals surface area contributed by atoms with Crippen LogP contribution in [0.1, 0.15) is 0 Å². The van der Waals surface area contributed by atoms with Crippen LogP contribution in [0.2, 0.25) is 0 Å². The average Bonchev–Trinajstić information content (AvgIpc) is 2.99. The van der Waals surface area contributed by atoms with Gasteiger partial charge in [-0.3, -0.25) is 9.55 Å². The molecular formula is C15H14N4OS. The van der Waals surface area contributed by atoms with Crippen molar-refractivity contribution in [3.05, 3.63) is 48.8 Å². The lowest BCUT2D eigenvalue weighted by molar-refractivity contribution is 0.414. The van der Waals surface area contributed by atoms with Crippen molar-refractivity contribution in [3.63, 3.8) is 0 Å². The summed E-state index contributed by atoms with van der Waals surface area (Å²) in [4.78, 5) is 4.04. The maximum Gasteiger partial charge on any atom is 0.195 e. The highest BCUT2D eigenvalue weighted by Gasteiger charge is 2.14. The quantitative estimate of drug-likeness (QED) is 0.693. The normalized spacial score (nSPS) is 10.6. The van der Waals surface area contributed by atoms with Gasteiger partial charge in [0.25, 0.3) is 0 Å². The number of benzene rings is 1. The van der Waals surface area contributed by atoms with Crippen LogP contribution in [0.4, 0.5) is 0 Å². The largest absolute Gasteiger partial charge is 0.497 e. The van der Waals surface area contributed by atoms with E-state index in [9.17, 15) is 0 Å². The second-order valence-electron chi connectivity index (χ2n) is 4.28. The van der Waals surface area contributed by atoms with E-state index < -0.39 is 0 Å². The Kier molecular flexibility index (Phi) is 3.87. The van der Waals surface area contributed by atoms with Gasteiger partial charge in [-0.25, -0.2) is 0 Å². The molecule has 0 N–H and O–H groups in total. The Labute approximate surface area is 127 Å². The molecule has 6 heteroatoms. The molecule has 2 heterocycles. The summed E-state index contributed by atoms with van der Waals surface area (Å²) >= 11 is 1.56. The lowest BCUT2D eigenvalue weighted by atomic mass is 10.2. The molecule has 106 valence electrons. The van der Waals surface area contributed by atoms with Gasteiger partial charge in [-0.2, -0.15) is 0 Å². The maximum absolute atomic E-state index is 5.20. The number of aromatic nitrogens is 4. The van der Waals surface area contributed by atoms with E-state index in [0.29, 0.717) is 0 Å². The molecule has 0 saturated carbocycles. The lowest BCUT2D eigenvalue weighted by Gasteiger charge is -2.10. The predicted octanol–water partition coefficient (Wildman–Crippen LogP) is 3.06. The molecule has 0 fully saturated rings. The number of hydrogen-bond donors (Lipinski definition) is 0. The highest BCUT2D eigenvalue weighted by molar-refractivity contribution is 7.98. The SMILES string of the molecule is COc1ccc(-n2c(SC)nnc2-c2ccncc2)cc1. The summed E-state index contributed by atoms with van der Waals surface area (Å²) in [6.07, 6.45) is 5.49. The number of ether oxygens (including phenoxy) is 1. The van der Waals surface area contributed by atoms with Crippen LogP contribution in [0.15, 0.2) is 53.9 Å². The third kappa shape index (κ3) is 2.62. The monoisotopic (exact) mass is 298 g/mol. The van der Waals surface area contributed by atoms with Gasteiger partial charge in [0.2, 0.25) is 0 Å². The van der Waals surface area contributed by atoms with Crippen molar-refractivity contribution in [3.8, 4) is 22.8 Å². The Hall–Kier alpha value is -2.34. The first-order chi connectivity index (χ1) is 10.3. The van der Waals surface area contributed by atoms with Gasteiger partial charge in [-0.05, 0) is 42.7 Å². The maximum atomic E-state index is 5.20. The van der Waals surface area contributed by atoms with E-state index in [2.05, 4.69) is 15.2 Å². The summed E-state index contributed by atoms with van der Waals surface area (Å²) in [6.45, 7) is 0. The van der Waals surface area contributed by atoms with Crippen LogP contribution in [-0.2, 0) is 0 Å². The van der Waals surface area contributed by atoms with Crippen molar-refractivity contribution >= 4 is 11.8 Å². The molecular weight excluding hydrogens is 284 g/mol. The molecule has 3 aromatic rings. The number of methoxy groups -OCH3 is 1. The average molecular weight is 298 g/mol. The Bertz CT molecular complexity index is 725. The number of thioether (sulfide) groups is 1. The van der Waals surface area contributed by atoms with E-state index in [-0.39, 0.29) is 0 Å². The van der Waals surface area contributed by atoms with Crippen LogP contribution in [0, 0.1) is 0 Å². The fraction of sp³-hybridized carbons (Fsp3) is 0.133. The van der Waals surface area contributed by atoms with E-state index in [1.54, 1.807) is 31.3 Å². The fourth-order valence-corrected chi connectivity index (χ4v) is 2.55. The molecule has 0 aliphatic heterocycles. The molecule has 0 radical (unpaired) electrons. The highest BCUT2D eigenvalue weighted by Crippen LogP contribution is 2.27. The van der Waals surface area contributed by atoms with E-state index >= 15 is 0 Å². The first-order valence-corrected chi connectivity index (χ1v) is 7.60.